The summed E-state index contributed by atoms with van der Waals surface area (Å²) in [5.74, 6) is -2.78. The van der Waals surface area contributed by atoms with E-state index in [2.05, 4.69) is 10.3 Å². The van der Waals surface area contributed by atoms with Gasteiger partial charge in [0.15, 0.2) is 5.82 Å². The van der Waals surface area contributed by atoms with Crippen molar-refractivity contribution in [3.05, 3.63) is 58.7 Å². The maximum atomic E-state index is 13.3. The predicted molar refractivity (Wildman–Crippen MR) is 63.6 cm³/mol. The largest absolute Gasteiger partial charge is 0.305 e. The van der Waals surface area contributed by atoms with E-state index >= 15 is 0 Å². The van der Waals surface area contributed by atoms with Gasteiger partial charge in [0, 0.05) is 6.20 Å². The number of aromatic nitrogens is 1. The molecule has 92 valence electrons. The second-order valence-corrected chi connectivity index (χ2v) is 3.79. The van der Waals surface area contributed by atoms with Crippen molar-refractivity contribution in [3.63, 3.8) is 0 Å². The van der Waals surface area contributed by atoms with Crippen molar-refractivity contribution in [1.29, 1.82) is 0 Å². The van der Waals surface area contributed by atoms with Gasteiger partial charge in [0.05, 0.1) is 5.02 Å². The SMILES string of the molecule is O=C(Nc1ncccc1Cl)c1c(F)cccc1F. The molecule has 0 saturated heterocycles. The van der Waals surface area contributed by atoms with E-state index in [0.717, 1.165) is 12.1 Å². The molecule has 3 nitrogen and oxygen atoms in total. The fraction of sp³-hybridized carbons (Fsp3) is 0. The monoisotopic (exact) mass is 268 g/mol. The van der Waals surface area contributed by atoms with E-state index < -0.39 is 23.1 Å². The highest BCUT2D eigenvalue weighted by molar-refractivity contribution is 6.33. The Morgan fingerprint density at radius 2 is 1.83 bits per heavy atom. The summed E-state index contributed by atoms with van der Waals surface area (Å²) >= 11 is 5.77. The number of nitrogens with one attached hydrogen (secondary N) is 1. The van der Waals surface area contributed by atoms with Gasteiger partial charge in [0.1, 0.15) is 17.2 Å². The van der Waals surface area contributed by atoms with Crippen molar-refractivity contribution in [1.82, 2.24) is 4.98 Å². The molecule has 1 aromatic heterocycles. The number of anilines is 1. The molecule has 0 saturated carbocycles. The third-order valence-corrected chi connectivity index (χ3v) is 2.49. The number of carbonyl (C=O) groups is 1. The number of hydrogen-bond acceptors (Lipinski definition) is 2. The summed E-state index contributed by atoms with van der Waals surface area (Å²) < 4.78 is 26.7. The zero-order valence-corrected chi connectivity index (χ0v) is 9.71. The van der Waals surface area contributed by atoms with Gasteiger partial charge in [-0.1, -0.05) is 17.7 Å². The number of pyridine rings is 1. The van der Waals surface area contributed by atoms with Crippen molar-refractivity contribution in [3.8, 4) is 0 Å². The van der Waals surface area contributed by atoms with Crippen LogP contribution in [-0.2, 0) is 0 Å². The Hall–Kier alpha value is -2.01. The van der Waals surface area contributed by atoms with Crippen LogP contribution in [0.5, 0.6) is 0 Å². The van der Waals surface area contributed by atoms with Gasteiger partial charge in [-0.05, 0) is 24.3 Å². The van der Waals surface area contributed by atoms with Crippen LogP contribution in [0.15, 0.2) is 36.5 Å². The average Bonchev–Trinajstić information content (AvgIpc) is 2.32. The molecule has 0 spiro atoms. The van der Waals surface area contributed by atoms with Crippen LogP contribution in [0.3, 0.4) is 0 Å². The van der Waals surface area contributed by atoms with Crippen LogP contribution in [-0.4, -0.2) is 10.9 Å². The Bertz CT molecular complexity index is 584. The Kier molecular flexibility index (Phi) is 3.53. The highest BCUT2D eigenvalue weighted by atomic mass is 35.5. The Labute approximate surface area is 106 Å². The van der Waals surface area contributed by atoms with E-state index in [1.807, 2.05) is 0 Å². The topological polar surface area (TPSA) is 42.0 Å². The lowest BCUT2D eigenvalue weighted by atomic mass is 10.2. The van der Waals surface area contributed by atoms with E-state index in [4.69, 9.17) is 11.6 Å². The number of hydrogen-bond donors (Lipinski definition) is 1. The molecule has 1 N–H and O–H groups in total. The summed E-state index contributed by atoms with van der Waals surface area (Å²) in [6.07, 6.45) is 1.40. The van der Waals surface area contributed by atoms with E-state index in [0.29, 0.717) is 0 Å². The van der Waals surface area contributed by atoms with Gasteiger partial charge < -0.3 is 5.32 Å². The third-order valence-electron chi connectivity index (χ3n) is 2.18. The second-order valence-electron chi connectivity index (χ2n) is 3.38. The molecule has 1 aromatic carbocycles. The first-order valence-corrected chi connectivity index (χ1v) is 5.33. The van der Waals surface area contributed by atoms with Gasteiger partial charge >= 0.3 is 0 Å². The minimum atomic E-state index is -0.945. The number of nitrogens with zero attached hydrogens (tertiary/aromatic N) is 1. The molecule has 6 heteroatoms. The zero-order chi connectivity index (χ0) is 13.1. The summed E-state index contributed by atoms with van der Waals surface area (Å²) in [5, 5.41) is 2.43. The zero-order valence-electron chi connectivity index (χ0n) is 8.95. The predicted octanol–water partition coefficient (Wildman–Crippen LogP) is 3.27. The number of carbonyl (C=O) groups excluding carboxylic acids is 1. The van der Waals surface area contributed by atoms with Gasteiger partial charge in [-0.15, -0.1) is 0 Å². The molecule has 0 fully saturated rings. The molecular weight excluding hydrogens is 262 g/mol. The first-order chi connectivity index (χ1) is 8.59. The molecule has 1 heterocycles. The number of amides is 1. The highest BCUT2D eigenvalue weighted by Crippen LogP contribution is 2.19. The summed E-state index contributed by atoms with van der Waals surface area (Å²) in [5.41, 5.74) is -0.667. The molecule has 2 aromatic rings. The first kappa shape index (κ1) is 12.4. The van der Waals surface area contributed by atoms with Crippen LogP contribution < -0.4 is 5.32 Å². The summed E-state index contributed by atoms with van der Waals surface area (Å²) in [4.78, 5) is 15.5. The van der Waals surface area contributed by atoms with Gasteiger partial charge in [-0.2, -0.15) is 0 Å². The number of halogens is 3. The molecule has 0 atom stereocenters. The molecule has 0 radical (unpaired) electrons. The van der Waals surface area contributed by atoms with Gasteiger partial charge in [0.2, 0.25) is 0 Å². The average molecular weight is 269 g/mol. The fourth-order valence-electron chi connectivity index (χ4n) is 1.36. The summed E-state index contributed by atoms with van der Waals surface area (Å²) in [6.45, 7) is 0. The lowest BCUT2D eigenvalue weighted by Crippen LogP contribution is -2.16. The van der Waals surface area contributed by atoms with E-state index in [1.54, 1.807) is 6.07 Å². The van der Waals surface area contributed by atoms with Gasteiger partial charge in [-0.25, -0.2) is 13.8 Å². The second kappa shape index (κ2) is 5.10. The lowest BCUT2D eigenvalue weighted by molar-refractivity contribution is 0.101. The fourth-order valence-corrected chi connectivity index (χ4v) is 1.53. The van der Waals surface area contributed by atoms with Crippen molar-refractivity contribution in [2.24, 2.45) is 0 Å². The Balaban J connectivity index is 2.31. The van der Waals surface area contributed by atoms with E-state index in [1.165, 1.54) is 18.3 Å². The number of benzene rings is 1. The summed E-state index contributed by atoms with van der Waals surface area (Å²) in [7, 11) is 0. The normalized spacial score (nSPS) is 10.2. The molecule has 2 rings (SSSR count). The minimum absolute atomic E-state index is 0.0480. The quantitative estimate of drug-likeness (QED) is 0.908. The molecule has 0 aliphatic heterocycles. The maximum Gasteiger partial charge on any atom is 0.262 e. The highest BCUT2D eigenvalue weighted by Gasteiger charge is 2.18. The van der Waals surface area contributed by atoms with Crippen LogP contribution >= 0.6 is 11.6 Å². The van der Waals surface area contributed by atoms with Gasteiger partial charge in [0.25, 0.3) is 5.91 Å². The van der Waals surface area contributed by atoms with Crippen molar-refractivity contribution >= 4 is 23.3 Å². The van der Waals surface area contributed by atoms with Crippen LogP contribution in [0.2, 0.25) is 5.02 Å². The Morgan fingerprint density at radius 3 is 2.44 bits per heavy atom. The van der Waals surface area contributed by atoms with Crippen molar-refractivity contribution in [2.75, 3.05) is 5.32 Å². The van der Waals surface area contributed by atoms with Crippen molar-refractivity contribution in [2.45, 2.75) is 0 Å². The van der Waals surface area contributed by atoms with E-state index in [-0.39, 0.29) is 10.8 Å². The van der Waals surface area contributed by atoms with Crippen LogP contribution in [0.1, 0.15) is 10.4 Å². The lowest BCUT2D eigenvalue weighted by Gasteiger charge is -2.07. The molecule has 0 bridgehead atoms. The first-order valence-electron chi connectivity index (χ1n) is 4.95. The molecule has 0 aliphatic carbocycles. The van der Waals surface area contributed by atoms with Crippen molar-refractivity contribution < 1.29 is 13.6 Å². The molecule has 0 aliphatic rings. The maximum absolute atomic E-state index is 13.3. The molecule has 1 amide bonds. The summed E-state index contributed by atoms with van der Waals surface area (Å²) in [6, 6.07) is 6.24. The third kappa shape index (κ3) is 2.46. The minimum Gasteiger partial charge on any atom is -0.305 e. The standard InChI is InChI=1S/C12H7ClF2N2O/c13-7-3-2-6-16-11(7)17-12(18)10-8(14)4-1-5-9(10)15/h1-6H,(H,16,17,18). The molecule has 0 unspecified atom stereocenters. The van der Waals surface area contributed by atoms with Crippen LogP contribution in [0.4, 0.5) is 14.6 Å². The number of rotatable bonds is 2. The van der Waals surface area contributed by atoms with Crippen LogP contribution in [0, 0.1) is 11.6 Å². The molecular formula is C12H7ClF2N2O. The van der Waals surface area contributed by atoms with Gasteiger partial charge in [-0.3, -0.25) is 4.79 Å². The molecule has 18 heavy (non-hydrogen) atoms. The van der Waals surface area contributed by atoms with Crippen LogP contribution in [0.25, 0.3) is 0 Å². The Morgan fingerprint density at radius 1 is 1.17 bits per heavy atom. The van der Waals surface area contributed by atoms with E-state index in [9.17, 15) is 13.6 Å². The smallest absolute Gasteiger partial charge is 0.262 e.